The van der Waals surface area contributed by atoms with Crippen molar-refractivity contribution in [3.8, 4) is 0 Å². The molecule has 2 N–H and O–H groups in total. The van der Waals surface area contributed by atoms with Gasteiger partial charge < -0.3 is 5.73 Å². The normalized spacial score (nSPS) is 17.0. The first kappa shape index (κ1) is 3.67. The molecule has 0 spiro atoms. The lowest BCUT2D eigenvalue weighted by Crippen LogP contribution is -1.95. The maximum Gasteiger partial charge on any atom is 0.229 e. The largest absolute Gasteiger partial charge is 0.397 e. The first-order valence-electron chi connectivity index (χ1n) is 4.36. The van der Waals surface area contributed by atoms with Crippen LogP contribution in [0.25, 0.3) is 0 Å². The second kappa shape index (κ2) is 2.54. The molecule has 1 rings (SSSR count). The van der Waals surface area contributed by atoms with Crippen molar-refractivity contribution in [3.63, 3.8) is 0 Å². The van der Waals surface area contributed by atoms with Gasteiger partial charge in [-0.15, -0.1) is 0 Å². The SMILES string of the molecule is [2H]c1nc(F)c(Br)c(N)c1C([2H])([2H])[2H]. The Hall–Kier alpha value is -0.640. The van der Waals surface area contributed by atoms with Gasteiger partial charge >= 0.3 is 0 Å². The number of hydrogen-bond acceptors (Lipinski definition) is 2. The number of nitrogens with two attached hydrogens (primary N) is 1. The third-order valence-electron chi connectivity index (χ3n) is 0.953. The van der Waals surface area contributed by atoms with Gasteiger partial charge in [0.15, 0.2) is 0 Å². The first-order valence-corrected chi connectivity index (χ1v) is 3.16. The van der Waals surface area contributed by atoms with Gasteiger partial charge in [-0.1, -0.05) is 0 Å². The second-order valence-electron chi connectivity index (χ2n) is 1.62. The Labute approximate surface area is 72.0 Å². The maximum atomic E-state index is 12.9. The van der Waals surface area contributed by atoms with E-state index in [4.69, 9.17) is 11.2 Å². The van der Waals surface area contributed by atoms with E-state index in [1.54, 1.807) is 0 Å². The van der Waals surface area contributed by atoms with Gasteiger partial charge in [0.25, 0.3) is 0 Å². The van der Waals surface area contributed by atoms with Gasteiger partial charge in [0, 0.05) is 10.3 Å². The molecule has 0 unspecified atom stereocenters. The molecule has 2 nitrogen and oxygen atoms in total. The molecular formula is C6H6BrFN2. The summed E-state index contributed by atoms with van der Waals surface area (Å²) >= 11 is 2.76. The second-order valence-corrected chi connectivity index (χ2v) is 2.41. The highest BCUT2D eigenvalue weighted by atomic mass is 79.9. The van der Waals surface area contributed by atoms with Crippen molar-refractivity contribution in [2.45, 2.75) is 6.85 Å². The van der Waals surface area contributed by atoms with Crippen LogP contribution >= 0.6 is 15.9 Å². The lowest BCUT2D eigenvalue weighted by molar-refractivity contribution is 0.577. The summed E-state index contributed by atoms with van der Waals surface area (Å²) in [4.78, 5) is 3.11. The summed E-state index contributed by atoms with van der Waals surface area (Å²) in [7, 11) is 0. The summed E-state index contributed by atoms with van der Waals surface area (Å²) in [5.41, 5.74) is 4.62. The van der Waals surface area contributed by atoms with Crippen LogP contribution in [0.2, 0.25) is 0 Å². The number of nitrogens with zero attached hydrogens (tertiary/aromatic N) is 1. The molecule has 1 aromatic heterocycles. The fourth-order valence-electron chi connectivity index (χ4n) is 0.435. The van der Waals surface area contributed by atoms with Crippen LogP contribution < -0.4 is 5.73 Å². The van der Waals surface area contributed by atoms with Gasteiger partial charge in [-0.3, -0.25) is 0 Å². The predicted molar refractivity (Wildman–Crippen MR) is 41.0 cm³/mol. The highest BCUT2D eigenvalue weighted by molar-refractivity contribution is 9.10. The third-order valence-corrected chi connectivity index (χ3v) is 1.71. The molecule has 0 radical (unpaired) electrons. The molecule has 54 valence electrons. The fraction of sp³-hybridized carbons (Fsp3) is 0.167. The van der Waals surface area contributed by atoms with Crippen LogP contribution in [0.3, 0.4) is 0 Å². The Morgan fingerprint density at radius 3 is 3.30 bits per heavy atom. The molecule has 4 heteroatoms. The molecular weight excluding hydrogens is 199 g/mol. The topological polar surface area (TPSA) is 38.9 Å². The van der Waals surface area contributed by atoms with Crippen molar-refractivity contribution in [2.24, 2.45) is 0 Å². The monoisotopic (exact) mass is 208 g/mol. The summed E-state index contributed by atoms with van der Waals surface area (Å²) in [6.45, 7) is -2.57. The van der Waals surface area contributed by atoms with E-state index >= 15 is 0 Å². The summed E-state index contributed by atoms with van der Waals surface area (Å²) in [6, 6.07) is 0. The van der Waals surface area contributed by atoms with E-state index < -0.39 is 24.5 Å². The quantitative estimate of drug-likeness (QED) is 0.662. The van der Waals surface area contributed by atoms with Crippen molar-refractivity contribution in [1.82, 2.24) is 4.98 Å². The molecule has 10 heavy (non-hydrogen) atoms. The van der Waals surface area contributed by atoms with Gasteiger partial charge in [0.1, 0.15) is 0 Å². The van der Waals surface area contributed by atoms with Gasteiger partial charge in [0.05, 0.1) is 11.5 Å². The molecule has 0 bridgehead atoms. The Bertz CT molecular complexity index is 379. The van der Waals surface area contributed by atoms with Crippen LogP contribution in [0, 0.1) is 12.8 Å². The van der Waals surface area contributed by atoms with E-state index in [0.717, 1.165) is 0 Å². The molecule has 0 aliphatic heterocycles. The number of hydrogen-bond donors (Lipinski definition) is 1. The zero-order chi connectivity index (χ0) is 11.1. The predicted octanol–water partition coefficient (Wildman–Crippen LogP) is 1.87. The van der Waals surface area contributed by atoms with Crippen molar-refractivity contribution in [2.75, 3.05) is 5.73 Å². The number of anilines is 1. The standard InChI is InChI=1S/C6H6BrFN2/c1-3-2-10-6(8)4(7)5(3)9/h2H,1H3,(H2,9,10)/i1D3,2D. The summed E-state index contributed by atoms with van der Waals surface area (Å²) < 4.78 is 41.1. The molecule has 0 aromatic carbocycles. The smallest absolute Gasteiger partial charge is 0.229 e. The van der Waals surface area contributed by atoms with Crippen LogP contribution in [0.15, 0.2) is 10.6 Å². The van der Waals surface area contributed by atoms with Gasteiger partial charge in [-0.05, 0) is 28.3 Å². The van der Waals surface area contributed by atoms with Gasteiger partial charge in [0.2, 0.25) is 5.95 Å². The van der Waals surface area contributed by atoms with Crippen LogP contribution in [-0.2, 0) is 0 Å². The highest BCUT2D eigenvalue weighted by Gasteiger charge is 2.05. The Balaban J connectivity index is 3.53. The summed E-state index contributed by atoms with van der Waals surface area (Å²) in [5, 5.41) is 0. The minimum absolute atomic E-state index is 0.223. The van der Waals surface area contributed by atoms with Crippen LogP contribution in [0.4, 0.5) is 10.1 Å². The molecule has 0 amide bonds. The lowest BCUT2D eigenvalue weighted by Gasteiger charge is -2.00. The maximum absolute atomic E-state index is 12.9. The van der Waals surface area contributed by atoms with E-state index in [2.05, 4.69) is 20.9 Å². The molecule has 1 heterocycles. The number of aromatic nitrogens is 1. The molecule has 0 atom stereocenters. The first-order chi connectivity index (χ1) is 6.25. The van der Waals surface area contributed by atoms with Crippen LogP contribution in [0.1, 0.15) is 11.0 Å². The zero-order valence-corrected chi connectivity index (χ0v) is 6.37. The van der Waals surface area contributed by atoms with Crippen molar-refractivity contribution in [3.05, 3.63) is 22.2 Å². The number of rotatable bonds is 0. The Morgan fingerprint density at radius 1 is 2.00 bits per heavy atom. The van der Waals surface area contributed by atoms with E-state index in [1.807, 2.05) is 0 Å². The van der Waals surface area contributed by atoms with E-state index in [1.165, 1.54) is 0 Å². The van der Waals surface area contributed by atoms with E-state index in [-0.39, 0.29) is 10.2 Å². The molecule has 0 saturated carbocycles. The number of halogens is 2. The van der Waals surface area contributed by atoms with E-state index in [0.29, 0.717) is 0 Å². The third kappa shape index (κ3) is 1.11. The minimum Gasteiger partial charge on any atom is -0.397 e. The molecule has 0 aliphatic carbocycles. The average molecular weight is 209 g/mol. The Kier molecular flexibility index (Phi) is 0.930. The van der Waals surface area contributed by atoms with Gasteiger partial charge in [-0.2, -0.15) is 4.39 Å². The highest BCUT2D eigenvalue weighted by Crippen LogP contribution is 2.23. The van der Waals surface area contributed by atoms with Gasteiger partial charge in [-0.25, -0.2) is 4.98 Å². The van der Waals surface area contributed by atoms with Crippen molar-refractivity contribution in [1.29, 1.82) is 0 Å². The van der Waals surface area contributed by atoms with Crippen LogP contribution in [-0.4, -0.2) is 4.98 Å². The number of pyridine rings is 1. The van der Waals surface area contributed by atoms with Crippen LogP contribution in [0.5, 0.6) is 0 Å². The minimum atomic E-state index is -2.57. The molecule has 0 fully saturated rings. The van der Waals surface area contributed by atoms with E-state index in [9.17, 15) is 4.39 Å². The number of nitrogen functional groups attached to an aromatic ring is 1. The molecule has 1 aromatic rings. The fourth-order valence-corrected chi connectivity index (χ4v) is 0.722. The average Bonchev–Trinajstić information content (AvgIpc) is 1.97. The van der Waals surface area contributed by atoms with Crippen molar-refractivity contribution >= 4 is 21.6 Å². The zero-order valence-electron chi connectivity index (χ0n) is 8.78. The molecule has 0 aliphatic rings. The lowest BCUT2D eigenvalue weighted by atomic mass is 10.3. The Morgan fingerprint density at radius 2 is 2.70 bits per heavy atom. The summed E-state index contributed by atoms with van der Waals surface area (Å²) in [6.07, 6.45) is -0.664. The van der Waals surface area contributed by atoms with Crippen molar-refractivity contribution < 1.29 is 9.87 Å². The summed E-state index contributed by atoms with van der Waals surface area (Å²) in [5.74, 6) is -0.986. The molecule has 0 saturated heterocycles.